The van der Waals surface area contributed by atoms with E-state index in [-0.39, 0.29) is 5.91 Å². The van der Waals surface area contributed by atoms with Crippen LogP contribution in [0, 0.1) is 11.6 Å². The topological polar surface area (TPSA) is 90.9 Å². The van der Waals surface area contributed by atoms with Crippen molar-refractivity contribution in [2.45, 2.75) is 19.4 Å². The van der Waals surface area contributed by atoms with Gasteiger partial charge in [-0.25, -0.2) is 23.7 Å². The average Bonchev–Trinajstić information content (AvgIpc) is 3.49. The van der Waals surface area contributed by atoms with Crippen molar-refractivity contribution in [2.75, 3.05) is 16.8 Å². The van der Waals surface area contributed by atoms with Crippen molar-refractivity contribution in [1.82, 2.24) is 25.1 Å². The van der Waals surface area contributed by atoms with Gasteiger partial charge in [-0.05, 0) is 18.6 Å². The Bertz CT molecular complexity index is 1310. The molecule has 1 amide bonds. The number of benzene rings is 1. The largest absolute Gasteiger partial charge is 0.312 e. The van der Waals surface area contributed by atoms with Crippen molar-refractivity contribution in [2.24, 2.45) is 0 Å². The van der Waals surface area contributed by atoms with E-state index in [2.05, 4.69) is 20.2 Å². The molecule has 1 aliphatic rings. The highest BCUT2D eigenvalue weighted by molar-refractivity contribution is 7.13. The molecular weight excluding hydrogens is 436 g/mol. The van der Waals surface area contributed by atoms with Crippen molar-refractivity contribution < 1.29 is 13.6 Å². The van der Waals surface area contributed by atoms with Crippen LogP contribution in [0.15, 0.2) is 42.2 Å². The Morgan fingerprint density at radius 3 is 2.75 bits per heavy atom. The zero-order chi connectivity index (χ0) is 22.4. The third-order valence-electron chi connectivity index (χ3n) is 5.36. The van der Waals surface area contributed by atoms with Crippen molar-refractivity contribution in [3.8, 4) is 22.1 Å². The predicted molar refractivity (Wildman–Crippen MR) is 117 cm³/mol. The van der Waals surface area contributed by atoms with E-state index in [4.69, 9.17) is 4.98 Å². The van der Waals surface area contributed by atoms with E-state index in [1.54, 1.807) is 30.5 Å². The normalized spacial score (nSPS) is 15.9. The summed E-state index contributed by atoms with van der Waals surface area (Å²) in [6.07, 6.45) is 5.29. The van der Waals surface area contributed by atoms with Crippen molar-refractivity contribution >= 4 is 34.4 Å². The van der Waals surface area contributed by atoms with E-state index in [9.17, 15) is 13.6 Å². The number of rotatable bonds is 4. The van der Waals surface area contributed by atoms with E-state index < -0.39 is 17.7 Å². The van der Waals surface area contributed by atoms with Crippen molar-refractivity contribution in [3.05, 3.63) is 53.8 Å². The maximum absolute atomic E-state index is 14.1. The number of nitrogens with zero attached hydrogens (tertiary/aromatic N) is 6. The van der Waals surface area contributed by atoms with Crippen LogP contribution in [0.1, 0.15) is 13.3 Å². The summed E-state index contributed by atoms with van der Waals surface area (Å²) in [7, 11) is 1.65. The van der Waals surface area contributed by atoms with Crippen LogP contribution in [0.3, 0.4) is 0 Å². The van der Waals surface area contributed by atoms with Crippen LogP contribution >= 0.6 is 11.3 Å². The number of halogens is 2. The van der Waals surface area contributed by atoms with Crippen LogP contribution < -0.4 is 9.80 Å². The number of aromatic amines is 1. The minimum atomic E-state index is -1.000. The Labute approximate surface area is 185 Å². The second kappa shape index (κ2) is 7.75. The van der Waals surface area contributed by atoms with Crippen LogP contribution in [-0.4, -0.2) is 44.1 Å². The number of carbonyl (C=O) groups excluding carboxylic acids is 1. The molecule has 3 aromatic heterocycles. The van der Waals surface area contributed by atoms with Gasteiger partial charge in [0, 0.05) is 30.4 Å². The summed E-state index contributed by atoms with van der Waals surface area (Å²) >= 11 is 1.44. The molecule has 1 aromatic carbocycles. The Balaban J connectivity index is 1.69. The summed E-state index contributed by atoms with van der Waals surface area (Å²) in [4.78, 5) is 29.6. The second-order valence-corrected chi connectivity index (χ2v) is 8.08. The molecular formula is C21H17F2N7OS. The number of carbonyl (C=O) groups is 1. The second-order valence-electron chi connectivity index (χ2n) is 7.19. The number of fused-ring (bicyclic) bond motifs is 1. The van der Waals surface area contributed by atoms with Gasteiger partial charge in [0.25, 0.3) is 0 Å². The zero-order valence-electron chi connectivity index (χ0n) is 17.1. The monoisotopic (exact) mass is 453 g/mol. The maximum Gasteiger partial charge on any atom is 0.250 e. The first-order chi connectivity index (χ1) is 15.5. The number of amides is 1. The summed E-state index contributed by atoms with van der Waals surface area (Å²) in [5.41, 5.74) is 2.11. The first-order valence-electron chi connectivity index (χ1n) is 9.82. The minimum Gasteiger partial charge on any atom is -0.312 e. The number of nitrogens with one attached hydrogen (secondary N) is 1. The number of hydrogen-bond acceptors (Lipinski definition) is 7. The van der Waals surface area contributed by atoms with Gasteiger partial charge in [0.1, 0.15) is 22.4 Å². The fourth-order valence-corrected chi connectivity index (χ4v) is 4.42. The standard InChI is InChI=1S/C21H17F2N7OS/c1-3-15-21(31)29(2)16-10-25-18(12-9-26-28-17(12)20-24-6-7-32-20)27-19(16)30(15)11-4-5-13(22)14(23)8-11/h4-10,15H,3H2,1-2H3,(H,26,28)/t15-/m1/s1. The first kappa shape index (κ1) is 20.2. The van der Waals surface area contributed by atoms with Gasteiger partial charge in [0.05, 0.1) is 18.0 Å². The highest BCUT2D eigenvalue weighted by Crippen LogP contribution is 2.41. The van der Waals surface area contributed by atoms with Crippen LogP contribution in [0.4, 0.5) is 26.0 Å². The molecule has 0 unspecified atom stereocenters. The van der Waals surface area contributed by atoms with Crippen LogP contribution in [0.2, 0.25) is 0 Å². The molecule has 32 heavy (non-hydrogen) atoms. The number of anilines is 3. The van der Waals surface area contributed by atoms with E-state index in [0.29, 0.717) is 40.7 Å². The summed E-state index contributed by atoms with van der Waals surface area (Å²) in [5.74, 6) is -1.36. The molecule has 0 aliphatic carbocycles. The maximum atomic E-state index is 14.1. The van der Waals surface area contributed by atoms with Crippen LogP contribution in [0.25, 0.3) is 22.1 Å². The zero-order valence-corrected chi connectivity index (χ0v) is 17.9. The molecule has 11 heteroatoms. The molecule has 0 saturated heterocycles. The van der Waals surface area contributed by atoms with E-state index in [1.807, 2.05) is 12.3 Å². The van der Waals surface area contributed by atoms with E-state index in [0.717, 1.165) is 17.1 Å². The van der Waals surface area contributed by atoms with Gasteiger partial charge in [-0.1, -0.05) is 6.92 Å². The Morgan fingerprint density at radius 2 is 2.03 bits per heavy atom. The van der Waals surface area contributed by atoms with Gasteiger partial charge in [-0.3, -0.25) is 9.89 Å². The lowest BCUT2D eigenvalue weighted by atomic mass is 10.1. The lowest BCUT2D eigenvalue weighted by molar-refractivity contribution is -0.119. The summed E-state index contributed by atoms with van der Waals surface area (Å²) < 4.78 is 27.7. The lowest BCUT2D eigenvalue weighted by Gasteiger charge is -2.40. The smallest absolute Gasteiger partial charge is 0.250 e. The fourth-order valence-electron chi connectivity index (χ4n) is 3.77. The van der Waals surface area contributed by atoms with Gasteiger partial charge in [0.15, 0.2) is 23.3 Å². The molecule has 1 aliphatic heterocycles. The van der Waals surface area contributed by atoms with E-state index in [1.165, 1.54) is 22.3 Å². The molecule has 4 aromatic rings. The van der Waals surface area contributed by atoms with Gasteiger partial charge in [-0.15, -0.1) is 11.3 Å². The van der Waals surface area contributed by atoms with Gasteiger partial charge in [-0.2, -0.15) is 5.10 Å². The Morgan fingerprint density at radius 1 is 1.19 bits per heavy atom. The first-order valence-corrected chi connectivity index (χ1v) is 10.7. The quantitative estimate of drug-likeness (QED) is 0.499. The highest BCUT2D eigenvalue weighted by atomic mass is 32.1. The Hall–Kier alpha value is -3.73. The lowest BCUT2D eigenvalue weighted by Crippen LogP contribution is -2.50. The molecule has 162 valence electrons. The summed E-state index contributed by atoms with van der Waals surface area (Å²) in [6.45, 7) is 1.85. The number of H-pyrrole nitrogens is 1. The number of aromatic nitrogens is 5. The predicted octanol–water partition coefficient (Wildman–Crippen LogP) is 4.16. The van der Waals surface area contributed by atoms with Gasteiger partial charge < -0.3 is 9.80 Å². The molecule has 0 saturated carbocycles. The SMILES string of the molecule is CC[C@@H]1C(=O)N(C)c2cnc(-c3cn[nH]c3-c3nccs3)nc2N1c1ccc(F)c(F)c1. The van der Waals surface area contributed by atoms with Crippen molar-refractivity contribution in [1.29, 1.82) is 0 Å². The number of likely N-dealkylation sites (N-methyl/N-ethyl adjacent to an activating group) is 1. The van der Waals surface area contributed by atoms with Gasteiger partial charge in [0.2, 0.25) is 5.91 Å². The highest BCUT2D eigenvalue weighted by Gasteiger charge is 2.38. The molecule has 8 nitrogen and oxygen atoms in total. The molecule has 0 spiro atoms. The molecule has 1 atom stereocenters. The molecule has 0 radical (unpaired) electrons. The molecule has 5 rings (SSSR count). The van der Waals surface area contributed by atoms with Crippen molar-refractivity contribution in [3.63, 3.8) is 0 Å². The fraction of sp³-hybridized carbons (Fsp3) is 0.190. The number of thiazole rings is 1. The average molecular weight is 453 g/mol. The number of hydrogen-bond donors (Lipinski definition) is 1. The minimum absolute atomic E-state index is 0.187. The van der Waals surface area contributed by atoms with Crippen LogP contribution in [-0.2, 0) is 4.79 Å². The third kappa shape index (κ3) is 3.12. The summed E-state index contributed by atoms with van der Waals surface area (Å²) in [5, 5.41) is 9.63. The third-order valence-corrected chi connectivity index (χ3v) is 6.15. The molecule has 0 fully saturated rings. The molecule has 1 N–H and O–H groups in total. The van der Waals surface area contributed by atoms with Crippen LogP contribution in [0.5, 0.6) is 0 Å². The van der Waals surface area contributed by atoms with E-state index >= 15 is 0 Å². The molecule has 4 heterocycles. The Kier molecular flexibility index (Phi) is 4.89. The summed E-state index contributed by atoms with van der Waals surface area (Å²) in [6, 6.07) is 2.91. The van der Waals surface area contributed by atoms with Gasteiger partial charge >= 0.3 is 0 Å². The molecule has 0 bridgehead atoms.